The molecule has 1 aromatic heterocycles. The van der Waals surface area contributed by atoms with Crippen molar-refractivity contribution in [2.24, 2.45) is 4.99 Å². The third-order valence-corrected chi connectivity index (χ3v) is 5.53. The first kappa shape index (κ1) is 14.4. The van der Waals surface area contributed by atoms with E-state index in [1.54, 1.807) is 11.3 Å². The second kappa shape index (κ2) is 5.66. The Morgan fingerprint density at radius 2 is 2.05 bits per heavy atom. The van der Waals surface area contributed by atoms with Crippen LogP contribution in [0.25, 0.3) is 10.6 Å². The van der Waals surface area contributed by atoms with Crippen molar-refractivity contribution >= 4 is 51.3 Å². The van der Waals surface area contributed by atoms with Gasteiger partial charge in [-0.05, 0) is 12.1 Å². The van der Waals surface area contributed by atoms with Crippen LogP contribution in [0.3, 0.4) is 0 Å². The van der Waals surface area contributed by atoms with E-state index < -0.39 is 5.72 Å². The fourth-order valence-corrected chi connectivity index (χ4v) is 4.03. The van der Waals surface area contributed by atoms with Gasteiger partial charge in [-0.15, -0.1) is 22.9 Å². The number of halogens is 2. The van der Waals surface area contributed by atoms with Crippen molar-refractivity contribution in [2.75, 3.05) is 11.6 Å². The molecule has 0 saturated carbocycles. The molecule has 7 heteroatoms. The maximum absolute atomic E-state index is 10.0. The lowest BCUT2D eigenvalue weighted by Gasteiger charge is -2.12. The predicted molar refractivity (Wildman–Crippen MR) is 87.2 cm³/mol. The van der Waals surface area contributed by atoms with Gasteiger partial charge in [0.05, 0.1) is 11.6 Å². The van der Waals surface area contributed by atoms with Gasteiger partial charge in [-0.3, -0.25) is 0 Å². The van der Waals surface area contributed by atoms with E-state index in [0.717, 1.165) is 21.3 Å². The van der Waals surface area contributed by atoms with Crippen molar-refractivity contribution in [3.8, 4) is 10.6 Å². The van der Waals surface area contributed by atoms with Gasteiger partial charge >= 0.3 is 0 Å². The maximum Gasteiger partial charge on any atom is 0.180 e. The van der Waals surface area contributed by atoms with E-state index in [4.69, 9.17) is 23.2 Å². The Bertz CT molecular complexity index is 657. The summed E-state index contributed by atoms with van der Waals surface area (Å²) < 4.78 is 0. The molecule has 2 aromatic rings. The number of thiazole rings is 1. The third-order valence-electron chi connectivity index (χ3n) is 2.78. The van der Waals surface area contributed by atoms with E-state index in [0.29, 0.717) is 10.8 Å². The van der Waals surface area contributed by atoms with Crippen molar-refractivity contribution in [3.63, 3.8) is 0 Å². The summed E-state index contributed by atoms with van der Waals surface area (Å²) >= 11 is 14.6. The zero-order valence-electron chi connectivity index (χ0n) is 10.2. The number of nitrogens with zero attached hydrogens (tertiary/aromatic N) is 2. The largest absolute Gasteiger partial charge is 0.367 e. The van der Waals surface area contributed by atoms with E-state index in [-0.39, 0.29) is 5.88 Å². The minimum atomic E-state index is -1.16. The highest BCUT2D eigenvalue weighted by Gasteiger charge is 2.33. The van der Waals surface area contributed by atoms with Crippen molar-refractivity contribution < 1.29 is 5.11 Å². The van der Waals surface area contributed by atoms with Crippen LogP contribution < -0.4 is 0 Å². The molecule has 0 bridgehead atoms. The number of thioether (sulfide) groups is 1. The molecule has 0 radical (unpaired) electrons. The molecule has 3 rings (SSSR count). The first-order chi connectivity index (χ1) is 9.59. The van der Waals surface area contributed by atoms with Crippen LogP contribution in [0.2, 0.25) is 5.02 Å². The van der Waals surface area contributed by atoms with E-state index in [9.17, 15) is 5.11 Å². The second-order valence-corrected chi connectivity index (χ2v) is 6.89. The minimum Gasteiger partial charge on any atom is -0.367 e. The number of hydrogen-bond donors (Lipinski definition) is 1. The van der Waals surface area contributed by atoms with E-state index in [1.165, 1.54) is 11.8 Å². The highest BCUT2D eigenvalue weighted by molar-refractivity contribution is 8.14. The number of aliphatic hydroxyl groups is 1. The standard InChI is InChI=1S/C13H10Cl2N2OS2/c14-6-13(18)7-20-12(17-13)10-5-19-11(16-10)8-1-3-9(15)4-2-8/h1-5,18H,6-7H2. The quantitative estimate of drug-likeness (QED) is 0.859. The van der Waals surface area contributed by atoms with Gasteiger partial charge in [0.1, 0.15) is 15.7 Å². The Hall–Kier alpha value is -0.590. The topological polar surface area (TPSA) is 45.5 Å². The summed E-state index contributed by atoms with van der Waals surface area (Å²) in [6.07, 6.45) is 0. The number of benzene rings is 1. The molecule has 2 heterocycles. The molecular weight excluding hydrogens is 335 g/mol. The monoisotopic (exact) mass is 344 g/mol. The molecule has 0 amide bonds. The van der Waals surface area contributed by atoms with Crippen LogP contribution in [0.4, 0.5) is 0 Å². The Morgan fingerprint density at radius 3 is 2.70 bits per heavy atom. The Morgan fingerprint density at radius 1 is 1.30 bits per heavy atom. The Kier molecular flexibility index (Phi) is 4.06. The molecule has 1 atom stereocenters. The molecular formula is C13H10Cl2N2OS2. The summed E-state index contributed by atoms with van der Waals surface area (Å²) in [6, 6.07) is 7.55. The maximum atomic E-state index is 10.0. The zero-order chi connectivity index (χ0) is 14.2. The molecule has 0 fully saturated rings. The molecule has 1 N–H and O–H groups in total. The van der Waals surface area contributed by atoms with Crippen LogP contribution in [-0.2, 0) is 0 Å². The first-order valence-electron chi connectivity index (χ1n) is 5.82. The molecule has 0 spiro atoms. The van der Waals surface area contributed by atoms with E-state index in [1.807, 2.05) is 29.6 Å². The van der Waals surface area contributed by atoms with Crippen molar-refractivity contribution in [2.45, 2.75) is 5.72 Å². The van der Waals surface area contributed by atoms with E-state index in [2.05, 4.69) is 9.98 Å². The molecule has 0 saturated heterocycles. The van der Waals surface area contributed by atoms with Crippen LogP contribution in [0.1, 0.15) is 5.69 Å². The number of hydrogen-bond acceptors (Lipinski definition) is 5. The molecule has 20 heavy (non-hydrogen) atoms. The van der Waals surface area contributed by atoms with Gasteiger partial charge in [0, 0.05) is 16.0 Å². The minimum absolute atomic E-state index is 0.0949. The summed E-state index contributed by atoms with van der Waals surface area (Å²) in [5, 5.41) is 14.3. The number of rotatable bonds is 3. The summed E-state index contributed by atoms with van der Waals surface area (Å²) in [5.41, 5.74) is 0.638. The van der Waals surface area contributed by atoms with Crippen LogP contribution >= 0.6 is 46.3 Å². The fourth-order valence-electron chi connectivity index (χ4n) is 1.73. The summed E-state index contributed by atoms with van der Waals surface area (Å²) in [6.45, 7) is 0. The molecule has 1 aromatic carbocycles. The molecule has 1 unspecified atom stereocenters. The summed E-state index contributed by atoms with van der Waals surface area (Å²) in [7, 11) is 0. The lowest BCUT2D eigenvalue weighted by molar-refractivity contribution is 0.103. The number of aromatic nitrogens is 1. The SMILES string of the molecule is OC1(CCl)CSC(c2csc(-c3ccc(Cl)cc3)n2)=N1. The van der Waals surface area contributed by atoms with Crippen LogP contribution in [0, 0.1) is 0 Å². The first-order valence-corrected chi connectivity index (χ1v) is 8.60. The van der Waals surface area contributed by atoms with Gasteiger partial charge in [0.25, 0.3) is 0 Å². The predicted octanol–water partition coefficient (Wildman–Crippen LogP) is 3.88. The number of aliphatic imine (C=N–C) groups is 1. The molecule has 1 aliphatic rings. The third kappa shape index (κ3) is 2.87. The normalized spacial score (nSPS) is 22.1. The lowest BCUT2D eigenvalue weighted by Crippen LogP contribution is -2.28. The lowest BCUT2D eigenvalue weighted by atomic mass is 10.2. The molecule has 104 valence electrons. The highest BCUT2D eigenvalue weighted by Crippen LogP contribution is 2.32. The van der Waals surface area contributed by atoms with Gasteiger partial charge in [-0.25, -0.2) is 9.98 Å². The average molecular weight is 345 g/mol. The molecule has 3 nitrogen and oxygen atoms in total. The fraction of sp³-hybridized carbons (Fsp3) is 0.231. The summed E-state index contributed by atoms with van der Waals surface area (Å²) in [4.78, 5) is 8.82. The van der Waals surface area contributed by atoms with Gasteiger partial charge in [-0.1, -0.05) is 35.5 Å². The molecule has 1 aliphatic heterocycles. The van der Waals surface area contributed by atoms with Crippen LogP contribution in [-0.4, -0.2) is 32.5 Å². The van der Waals surface area contributed by atoms with Crippen LogP contribution in [0.5, 0.6) is 0 Å². The average Bonchev–Trinajstić information content (AvgIpc) is 3.07. The smallest absolute Gasteiger partial charge is 0.180 e. The van der Waals surface area contributed by atoms with Crippen molar-refractivity contribution in [1.29, 1.82) is 0 Å². The van der Waals surface area contributed by atoms with Gasteiger partial charge < -0.3 is 5.11 Å². The van der Waals surface area contributed by atoms with Crippen molar-refractivity contribution in [1.82, 2.24) is 4.98 Å². The Balaban J connectivity index is 1.88. The zero-order valence-corrected chi connectivity index (χ0v) is 13.4. The van der Waals surface area contributed by atoms with Crippen molar-refractivity contribution in [3.05, 3.63) is 40.4 Å². The highest BCUT2D eigenvalue weighted by atomic mass is 35.5. The van der Waals surface area contributed by atoms with Crippen LogP contribution in [0.15, 0.2) is 34.6 Å². The van der Waals surface area contributed by atoms with Gasteiger partial charge in [0.2, 0.25) is 0 Å². The number of alkyl halides is 1. The molecule has 0 aliphatic carbocycles. The van der Waals surface area contributed by atoms with Gasteiger partial charge in [-0.2, -0.15) is 0 Å². The van der Waals surface area contributed by atoms with E-state index >= 15 is 0 Å². The summed E-state index contributed by atoms with van der Waals surface area (Å²) in [5.74, 6) is 0.567. The van der Waals surface area contributed by atoms with Gasteiger partial charge in [0.15, 0.2) is 5.72 Å². The second-order valence-electron chi connectivity index (χ2n) is 4.37. The Labute approximate surface area is 134 Å².